The largest absolute Gasteiger partial charge is 0.388 e. The molecule has 0 bridgehead atoms. The van der Waals surface area contributed by atoms with Gasteiger partial charge in [-0.25, -0.2) is 8.42 Å². The van der Waals surface area contributed by atoms with E-state index in [1.165, 1.54) is 12.1 Å². The lowest BCUT2D eigenvalue weighted by molar-refractivity contribution is -0.387. The maximum absolute atomic E-state index is 12.2. The molecule has 2 aromatic rings. The van der Waals surface area contributed by atoms with Crippen LogP contribution in [0.15, 0.2) is 33.7 Å². The van der Waals surface area contributed by atoms with E-state index in [1.54, 1.807) is 14.0 Å². The van der Waals surface area contributed by atoms with Crippen molar-refractivity contribution in [3.8, 4) is 0 Å². The molecule has 0 aliphatic carbocycles. The first-order valence-electron chi connectivity index (χ1n) is 5.76. The summed E-state index contributed by atoms with van der Waals surface area (Å²) >= 11 is 0. The molecule has 0 fully saturated rings. The SMILES string of the molecule is CNc1ccc(S(=O)(=O)Nc2cc(C)on2)c([N+](=O)[O-])c1. The van der Waals surface area contributed by atoms with Crippen LogP contribution in [-0.2, 0) is 10.0 Å². The van der Waals surface area contributed by atoms with Crippen molar-refractivity contribution in [3.05, 3.63) is 40.1 Å². The normalized spacial score (nSPS) is 11.1. The van der Waals surface area contributed by atoms with Gasteiger partial charge in [-0.05, 0) is 19.1 Å². The zero-order valence-electron chi connectivity index (χ0n) is 11.2. The second-order valence-electron chi connectivity index (χ2n) is 4.12. The highest BCUT2D eigenvalue weighted by Gasteiger charge is 2.27. The van der Waals surface area contributed by atoms with Gasteiger partial charge in [0, 0.05) is 24.9 Å². The lowest BCUT2D eigenvalue weighted by Gasteiger charge is -2.07. The number of hydrogen-bond acceptors (Lipinski definition) is 7. The van der Waals surface area contributed by atoms with Crippen molar-refractivity contribution < 1.29 is 17.9 Å². The standard InChI is InChI=1S/C11H12N4O5S/c1-7-5-11(13-20-7)14-21(18,19)10-4-3-8(12-2)6-9(10)15(16)17/h3-6,12H,1-2H3,(H,13,14). The van der Waals surface area contributed by atoms with Crippen molar-refractivity contribution in [2.75, 3.05) is 17.1 Å². The number of nitro benzene ring substituents is 1. The molecule has 1 aromatic carbocycles. The molecule has 0 unspecified atom stereocenters. The van der Waals surface area contributed by atoms with Crippen LogP contribution in [0.4, 0.5) is 17.2 Å². The van der Waals surface area contributed by atoms with E-state index < -0.39 is 25.5 Å². The molecule has 112 valence electrons. The van der Waals surface area contributed by atoms with E-state index in [0.717, 1.165) is 12.1 Å². The van der Waals surface area contributed by atoms with E-state index in [0.29, 0.717) is 11.4 Å². The Morgan fingerprint density at radius 2 is 2.05 bits per heavy atom. The molecule has 0 aliphatic rings. The van der Waals surface area contributed by atoms with Crippen molar-refractivity contribution in [2.45, 2.75) is 11.8 Å². The van der Waals surface area contributed by atoms with Gasteiger partial charge in [0.2, 0.25) is 0 Å². The average Bonchev–Trinajstić information content (AvgIpc) is 2.82. The molecule has 0 radical (unpaired) electrons. The van der Waals surface area contributed by atoms with E-state index >= 15 is 0 Å². The number of sulfonamides is 1. The van der Waals surface area contributed by atoms with Gasteiger partial charge in [-0.3, -0.25) is 14.8 Å². The van der Waals surface area contributed by atoms with Crippen LogP contribution in [0.25, 0.3) is 0 Å². The van der Waals surface area contributed by atoms with Gasteiger partial charge >= 0.3 is 0 Å². The van der Waals surface area contributed by atoms with E-state index in [2.05, 4.69) is 15.2 Å². The number of aryl methyl sites for hydroxylation is 1. The number of hydrogen-bond donors (Lipinski definition) is 2. The fourth-order valence-corrected chi connectivity index (χ4v) is 2.79. The summed E-state index contributed by atoms with van der Waals surface area (Å²) in [6, 6.07) is 5.09. The quantitative estimate of drug-likeness (QED) is 0.635. The Bertz CT molecular complexity index is 784. The maximum Gasteiger partial charge on any atom is 0.291 e. The average molecular weight is 312 g/mol. The summed E-state index contributed by atoms with van der Waals surface area (Å²) in [7, 11) is -2.57. The molecular weight excluding hydrogens is 300 g/mol. The monoisotopic (exact) mass is 312 g/mol. The third-order valence-corrected chi connectivity index (χ3v) is 4.00. The number of rotatable bonds is 5. The summed E-state index contributed by atoms with van der Waals surface area (Å²) in [6.45, 7) is 1.59. The summed E-state index contributed by atoms with van der Waals surface area (Å²) in [6.07, 6.45) is 0. The van der Waals surface area contributed by atoms with Crippen LogP contribution in [0, 0.1) is 17.0 Å². The van der Waals surface area contributed by atoms with Crippen molar-refractivity contribution in [1.82, 2.24) is 5.16 Å². The van der Waals surface area contributed by atoms with Crippen molar-refractivity contribution in [1.29, 1.82) is 0 Å². The van der Waals surface area contributed by atoms with E-state index in [4.69, 9.17) is 4.52 Å². The Balaban J connectivity index is 2.46. The molecule has 2 N–H and O–H groups in total. The number of nitro groups is 1. The second kappa shape index (κ2) is 5.40. The third-order valence-electron chi connectivity index (χ3n) is 2.60. The highest BCUT2D eigenvalue weighted by Crippen LogP contribution is 2.28. The Hall–Kier alpha value is -2.62. The Morgan fingerprint density at radius 1 is 1.33 bits per heavy atom. The van der Waals surface area contributed by atoms with Crippen molar-refractivity contribution in [3.63, 3.8) is 0 Å². The molecular formula is C11H12N4O5S. The smallest absolute Gasteiger partial charge is 0.291 e. The minimum Gasteiger partial charge on any atom is -0.388 e. The number of nitrogens with zero attached hydrogens (tertiary/aromatic N) is 2. The molecule has 9 nitrogen and oxygen atoms in total. The molecule has 2 rings (SSSR count). The summed E-state index contributed by atoms with van der Waals surface area (Å²) in [5.74, 6) is 0.368. The molecule has 1 heterocycles. The number of aromatic nitrogens is 1. The van der Waals surface area contributed by atoms with Gasteiger partial charge in [0.15, 0.2) is 10.7 Å². The Kier molecular flexibility index (Phi) is 3.80. The lowest BCUT2D eigenvalue weighted by Crippen LogP contribution is -2.15. The molecule has 0 saturated heterocycles. The summed E-state index contributed by atoms with van der Waals surface area (Å²) in [4.78, 5) is 9.83. The molecule has 1 aromatic heterocycles. The zero-order valence-corrected chi connectivity index (χ0v) is 12.0. The molecule has 0 aliphatic heterocycles. The van der Waals surface area contributed by atoms with Gasteiger partial charge < -0.3 is 9.84 Å². The fourth-order valence-electron chi connectivity index (χ4n) is 1.65. The van der Waals surface area contributed by atoms with Crippen LogP contribution in [0.5, 0.6) is 0 Å². The van der Waals surface area contributed by atoms with Gasteiger partial charge in [-0.1, -0.05) is 5.16 Å². The van der Waals surface area contributed by atoms with E-state index in [9.17, 15) is 18.5 Å². The van der Waals surface area contributed by atoms with Crippen molar-refractivity contribution >= 4 is 27.2 Å². The predicted molar refractivity (Wildman–Crippen MR) is 74.7 cm³/mol. The van der Waals surface area contributed by atoms with Crippen molar-refractivity contribution in [2.24, 2.45) is 0 Å². The van der Waals surface area contributed by atoms with Gasteiger partial charge in [-0.15, -0.1) is 0 Å². The molecule has 0 amide bonds. The second-order valence-corrected chi connectivity index (χ2v) is 5.77. The minimum atomic E-state index is -4.14. The lowest BCUT2D eigenvalue weighted by atomic mass is 10.3. The number of nitrogens with one attached hydrogen (secondary N) is 2. The Morgan fingerprint density at radius 3 is 2.57 bits per heavy atom. The molecule has 21 heavy (non-hydrogen) atoms. The van der Waals surface area contributed by atoms with Crippen LogP contribution in [0.1, 0.15) is 5.76 Å². The van der Waals surface area contributed by atoms with Gasteiger partial charge in [-0.2, -0.15) is 0 Å². The van der Waals surface area contributed by atoms with Crippen LogP contribution < -0.4 is 10.0 Å². The van der Waals surface area contributed by atoms with Crippen LogP contribution in [-0.4, -0.2) is 25.5 Å². The van der Waals surface area contributed by atoms with Crippen LogP contribution >= 0.6 is 0 Å². The maximum atomic E-state index is 12.2. The first-order chi connectivity index (χ1) is 9.83. The highest BCUT2D eigenvalue weighted by atomic mass is 32.2. The topological polar surface area (TPSA) is 127 Å². The fraction of sp³-hybridized carbons (Fsp3) is 0.182. The first-order valence-corrected chi connectivity index (χ1v) is 7.24. The molecule has 10 heteroatoms. The van der Waals surface area contributed by atoms with Crippen LogP contribution in [0.3, 0.4) is 0 Å². The Labute approximate surface area is 120 Å². The van der Waals surface area contributed by atoms with E-state index in [1.807, 2.05) is 0 Å². The number of benzene rings is 1. The summed E-state index contributed by atoms with van der Waals surface area (Å²) < 4.78 is 31.3. The van der Waals surface area contributed by atoms with Gasteiger partial charge in [0.25, 0.3) is 15.7 Å². The first kappa shape index (κ1) is 14.8. The third kappa shape index (κ3) is 3.11. The zero-order chi connectivity index (χ0) is 15.6. The van der Waals surface area contributed by atoms with Gasteiger partial charge in [0.05, 0.1) is 4.92 Å². The summed E-state index contributed by atoms with van der Waals surface area (Å²) in [5, 5.41) is 17.2. The van der Waals surface area contributed by atoms with Gasteiger partial charge in [0.1, 0.15) is 5.76 Å². The summed E-state index contributed by atoms with van der Waals surface area (Å²) in [5.41, 5.74) is -0.104. The highest BCUT2D eigenvalue weighted by molar-refractivity contribution is 7.92. The van der Waals surface area contributed by atoms with Crippen LogP contribution in [0.2, 0.25) is 0 Å². The number of anilines is 2. The molecule has 0 spiro atoms. The predicted octanol–water partition coefficient (Wildman–Crippen LogP) is 1.73. The molecule has 0 atom stereocenters. The molecule has 0 saturated carbocycles. The van der Waals surface area contributed by atoms with E-state index in [-0.39, 0.29) is 5.82 Å². The minimum absolute atomic E-state index is 0.0421.